The molecule has 21 heavy (non-hydrogen) atoms. The van der Waals surface area contributed by atoms with Crippen LogP contribution in [0.15, 0.2) is 24.3 Å². The lowest BCUT2D eigenvalue weighted by Gasteiger charge is -2.08. The van der Waals surface area contributed by atoms with Crippen LogP contribution in [0.2, 0.25) is 0 Å². The van der Waals surface area contributed by atoms with Gasteiger partial charge in [-0.3, -0.25) is 4.79 Å². The molecule has 0 heterocycles. The quantitative estimate of drug-likeness (QED) is 0.503. The lowest BCUT2D eigenvalue weighted by atomic mass is 10.1. The maximum absolute atomic E-state index is 12.0. The van der Waals surface area contributed by atoms with Crippen LogP contribution in [0.1, 0.15) is 44.0 Å². The third kappa shape index (κ3) is 7.83. The molecule has 0 fully saturated rings. The number of hydrogen-bond acceptors (Lipinski definition) is 4. The molecule has 0 aliphatic rings. The molecule has 4 heteroatoms. The van der Waals surface area contributed by atoms with Crippen LogP contribution < -0.4 is 10.1 Å². The highest BCUT2D eigenvalue weighted by Gasteiger charge is 2.05. The smallest absolute Gasteiger partial charge is 0.176 e. The van der Waals surface area contributed by atoms with Crippen molar-refractivity contribution in [1.29, 1.82) is 0 Å². The first kappa shape index (κ1) is 17.7. The number of benzene rings is 1. The van der Waals surface area contributed by atoms with E-state index in [2.05, 4.69) is 12.2 Å². The van der Waals surface area contributed by atoms with E-state index in [0.717, 1.165) is 31.7 Å². The monoisotopic (exact) mass is 293 g/mol. The Morgan fingerprint density at radius 2 is 1.90 bits per heavy atom. The fourth-order valence-corrected chi connectivity index (χ4v) is 1.78. The molecular weight excluding hydrogens is 266 g/mol. The summed E-state index contributed by atoms with van der Waals surface area (Å²) in [7, 11) is 0. The number of hydrogen-bond donors (Lipinski definition) is 1. The summed E-state index contributed by atoms with van der Waals surface area (Å²) in [5.74, 6) is 0.911. The molecule has 118 valence electrons. The Bertz CT molecular complexity index is 401. The van der Waals surface area contributed by atoms with Gasteiger partial charge in [0.1, 0.15) is 5.75 Å². The molecule has 0 amide bonds. The average Bonchev–Trinajstić information content (AvgIpc) is 2.48. The molecule has 1 aromatic carbocycles. The lowest BCUT2D eigenvalue weighted by molar-refractivity contribution is 0.0767. The molecule has 0 aliphatic carbocycles. The van der Waals surface area contributed by atoms with Gasteiger partial charge in [0.15, 0.2) is 5.78 Å². The molecular formula is C17H27NO3. The van der Waals surface area contributed by atoms with Gasteiger partial charge in [0.25, 0.3) is 0 Å². The third-order valence-corrected chi connectivity index (χ3v) is 2.88. The van der Waals surface area contributed by atoms with Crippen LogP contribution in [0.4, 0.5) is 0 Å². The third-order valence-electron chi connectivity index (χ3n) is 2.88. The standard InChI is InChI=1S/C17H27NO3/c1-4-11-21-16-8-6-15(7-9-16)17(19)13-18-10-5-12-20-14(2)3/h6-9,14,18H,4-5,10-13H2,1-3H3. The molecule has 0 unspecified atom stereocenters. The van der Waals surface area contributed by atoms with Gasteiger partial charge >= 0.3 is 0 Å². The van der Waals surface area contributed by atoms with Gasteiger partial charge in [-0.1, -0.05) is 6.92 Å². The fourth-order valence-electron chi connectivity index (χ4n) is 1.78. The number of ether oxygens (including phenoxy) is 2. The molecule has 0 aliphatic heterocycles. The van der Waals surface area contributed by atoms with Crippen molar-refractivity contribution in [3.8, 4) is 5.75 Å². The van der Waals surface area contributed by atoms with Crippen LogP contribution >= 0.6 is 0 Å². The highest BCUT2D eigenvalue weighted by molar-refractivity contribution is 5.97. The molecule has 0 atom stereocenters. The van der Waals surface area contributed by atoms with Crippen LogP contribution in [0, 0.1) is 0 Å². The summed E-state index contributed by atoms with van der Waals surface area (Å²) in [5.41, 5.74) is 0.713. The Balaban J connectivity index is 2.22. The van der Waals surface area contributed by atoms with Gasteiger partial charge in [-0.2, -0.15) is 0 Å². The second-order valence-electron chi connectivity index (χ2n) is 5.25. The van der Waals surface area contributed by atoms with Gasteiger partial charge in [0, 0.05) is 12.2 Å². The summed E-state index contributed by atoms with van der Waals surface area (Å²) < 4.78 is 10.9. The van der Waals surface area contributed by atoms with Crippen molar-refractivity contribution in [3.05, 3.63) is 29.8 Å². The zero-order valence-corrected chi connectivity index (χ0v) is 13.4. The number of Topliss-reactive ketones (excluding diaryl/α,β-unsaturated/α-hetero) is 1. The van der Waals surface area contributed by atoms with E-state index in [4.69, 9.17) is 9.47 Å². The van der Waals surface area contributed by atoms with Crippen molar-refractivity contribution in [2.45, 2.75) is 39.7 Å². The highest BCUT2D eigenvalue weighted by Crippen LogP contribution is 2.12. The van der Waals surface area contributed by atoms with E-state index in [1.54, 1.807) is 0 Å². The summed E-state index contributed by atoms with van der Waals surface area (Å²) in [4.78, 5) is 12.0. The predicted octanol–water partition coefficient (Wildman–Crippen LogP) is 3.06. The molecule has 1 rings (SSSR count). The first-order valence-corrected chi connectivity index (χ1v) is 7.72. The number of carbonyl (C=O) groups excluding carboxylic acids is 1. The van der Waals surface area contributed by atoms with Crippen LogP contribution in [0.5, 0.6) is 5.75 Å². The van der Waals surface area contributed by atoms with Gasteiger partial charge < -0.3 is 14.8 Å². The van der Waals surface area contributed by atoms with Crippen LogP contribution in [-0.4, -0.2) is 38.2 Å². The normalized spacial score (nSPS) is 10.9. The van der Waals surface area contributed by atoms with Crippen molar-refractivity contribution < 1.29 is 14.3 Å². The Morgan fingerprint density at radius 3 is 2.52 bits per heavy atom. The van der Waals surface area contributed by atoms with Crippen LogP contribution in [0.25, 0.3) is 0 Å². The first-order valence-electron chi connectivity index (χ1n) is 7.72. The van der Waals surface area contributed by atoms with E-state index < -0.39 is 0 Å². The Labute approximate surface area is 127 Å². The molecule has 0 saturated carbocycles. The highest BCUT2D eigenvalue weighted by atomic mass is 16.5. The average molecular weight is 293 g/mol. The van der Waals surface area contributed by atoms with Gasteiger partial charge in [-0.25, -0.2) is 0 Å². The maximum atomic E-state index is 12.0. The van der Waals surface area contributed by atoms with Gasteiger partial charge in [0.2, 0.25) is 0 Å². The SMILES string of the molecule is CCCOc1ccc(C(=O)CNCCCOC(C)C)cc1. The number of ketones is 1. The molecule has 1 N–H and O–H groups in total. The lowest BCUT2D eigenvalue weighted by Crippen LogP contribution is -2.25. The van der Waals surface area contributed by atoms with E-state index in [9.17, 15) is 4.79 Å². The zero-order valence-electron chi connectivity index (χ0n) is 13.4. The van der Waals surface area contributed by atoms with Crippen molar-refractivity contribution in [2.24, 2.45) is 0 Å². The second-order valence-corrected chi connectivity index (χ2v) is 5.25. The van der Waals surface area contributed by atoms with Crippen molar-refractivity contribution in [1.82, 2.24) is 5.32 Å². The summed E-state index contributed by atoms with van der Waals surface area (Å²) in [6.45, 7) is 8.67. The van der Waals surface area contributed by atoms with E-state index >= 15 is 0 Å². The number of nitrogens with one attached hydrogen (secondary N) is 1. The Hall–Kier alpha value is -1.39. The van der Waals surface area contributed by atoms with Crippen molar-refractivity contribution in [2.75, 3.05) is 26.3 Å². The molecule has 4 nitrogen and oxygen atoms in total. The van der Waals surface area contributed by atoms with Crippen LogP contribution in [0.3, 0.4) is 0 Å². The number of rotatable bonds is 11. The molecule has 0 radical (unpaired) electrons. The first-order chi connectivity index (χ1) is 10.1. The second kappa shape index (κ2) is 10.4. The fraction of sp³-hybridized carbons (Fsp3) is 0.588. The Morgan fingerprint density at radius 1 is 1.19 bits per heavy atom. The van der Waals surface area contributed by atoms with Crippen molar-refractivity contribution in [3.63, 3.8) is 0 Å². The minimum atomic E-state index is 0.0989. The van der Waals surface area contributed by atoms with Gasteiger partial charge in [0.05, 0.1) is 19.3 Å². The summed E-state index contributed by atoms with van der Waals surface area (Å²) >= 11 is 0. The van der Waals surface area contributed by atoms with E-state index in [1.165, 1.54) is 0 Å². The molecule has 0 saturated heterocycles. The summed E-state index contributed by atoms with van der Waals surface area (Å²) in [5, 5.41) is 3.15. The van der Waals surface area contributed by atoms with E-state index in [-0.39, 0.29) is 11.9 Å². The predicted molar refractivity (Wildman–Crippen MR) is 85.1 cm³/mol. The van der Waals surface area contributed by atoms with Gasteiger partial charge in [-0.05, 0) is 57.5 Å². The molecule has 0 spiro atoms. The van der Waals surface area contributed by atoms with E-state index in [0.29, 0.717) is 18.7 Å². The molecule has 0 bridgehead atoms. The van der Waals surface area contributed by atoms with E-state index in [1.807, 2.05) is 38.1 Å². The molecule has 0 aromatic heterocycles. The molecule has 1 aromatic rings. The Kier molecular flexibility index (Phi) is 8.71. The minimum Gasteiger partial charge on any atom is -0.494 e. The topological polar surface area (TPSA) is 47.6 Å². The summed E-state index contributed by atoms with van der Waals surface area (Å²) in [6.07, 6.45) is 2.15. The van der Waals surface area contributed by atoms with Crippen LogP contribution in [-0.2, 0) is 4.74 Å². The largest absolute Gasteiger partial charge is 0.494 e. The maximum Gasteiger partial charge on any atom is 0.176 e. The summed E-state index contributed by atoms with van der Waals surface area (Å²) in [6, 6.07) is 7.33. The van der Waals surface area contributed by atoms with Gasteiger partial charge in [-0.15, -0.1) is 0 Å². The zero-order chi connectivity index (χ0) is 15.5. The number of carbonyl (C=O) groups is 1. The minimum absolute atomic E-state index is 0.0989. The van der Waals surface area contributed by atoms with Crippen molar-refractivity contribution >= 4 is 5.78 Å².